The molecule has 0 aliphatic carbocycles. The molecule has 4 amide bonds. The van der Waals surface area contributed by atoms with E-state index in [1.807, 2.05) is 30.3 Å². The Kier molecular flexibility index (Phi) is 8.60. The summed E-state index contributed by atoms with van der Waals surface area (Å²) < 4.78 is 10.6. The predicted molar refractivity (Wildman–Crippen MR) is 146 cm³/mol. The quantitative estimate of drug-likeness (QED) is 0.489. The summed E-state index contributed by atoms with van der Waals surface area (Å²) in [4.78, 5) is 44.9. The van der Waals surface area contributed by atoms with Crippen molar-refractivity contribution in [2.45, 2.75) is 38.1 Å². The molecule has 4 rings (SSSR count). The van der Waals surface area contributed by atoms with Crippen molar-refractivity contribution in [2.24, 2.45) is 0 Å². The molecule has 2 aromatic carbocycles. The molecule has 2 aromatic rings. The topological polar surface area (TPSA) is 103 Å². The lowest BCUT2D eigenvalue weighted by Gasteiger charge is -2.43. The van der Waals surface area contributed by atoms with Crippen molar-refractivity contribution in [1.29, 1.82) is 0 Å². The van der Waals surface area contributed by atoms with Gasteiger partial charge in [-0.1, -0.05) is 31.5 Å². The average molecular weight is 524 g/mol. The van der Waals surface area contributed by atoms with E-state index in [2.05, 4.69) is 22.5 Å². The van der Waals surface area contributed by atoms with Crippen LogP contribution in [0.4, 0.5) is 16.2 Å². The van der Waals surface area contributed by atoms with Gasteiger partial charge in [0.15, 0.2) is 0 Å². The number of rotatable bonds is 9. The Morgan fingerprint density at radius 1 is 1.03 bits per heavy atom. The fourth-order valence-electron chi connectivity index (χ4n) is 5.13. The molecule has 10 heteroatoms. The number of piperidine rings is 1. The summed E-state index contributed by atoms with van der Waals surface area (Å²) in [6.45, 7) is 3.83. The van der Waals surface area contributed by atoms with E-state index in [9.17, 15) is 14.4 Å². The van der Waals surface area contributed by atoms with Crippen molar-refractivity contribution < 1.29 is 23.9 Å². The Hall–Kier alpha value is -3.95. The van der Waals surface area contributed by atoms with Crippen LogP contribution < -0.4 is 25.0 Å². The molecule has 2 saturated heterocycles. The molecule has 0 bridgehead atoms. The number of anilines is 2. The van der Waals surface area contributed by atoms with Crippen molar-refractivity contribution in [3.8, 4) is 11.5 Å². The number of urea groups is 1. The fraction of sp³-hybridized carbons (Fsp3) is 0.464. The summed E-state index contributed by atoms with van der Waals surface area (Å²) >= 11 is 0. The molecule has 0 aromatic heterocycles. The van der Waals surface area contributed by atoms with E-state index in [1.165, 1.54) is 7.11 Å². The molecule has 2 N–H and O–H groups in total. The van der Waals surface area contributed by atoms with Gasteiger partial charge in [-0.05, 0) is 43.5 Å². The van der Waals surface area contributed by atoms with Gasteiger partial charge in [0.1, 0.15) is 23.6 Å². The number of ether oxygens (including phenoxy) is 2. The Bertz CT molecular complexity index is 1130. The Morgan fingerprint density at radius 2 is 1.76 bits per heavy atom. The van der Waals surface area contributed by atoms with Crippen molar-refractivity contribution in [1.82, 2.24) is 15.1 Å². The van der Waals surface area contributed by atoms with Crippen LogP contribution in [-0.2, 0) is 9.59 Å². The lowest BCUT2D eigenvalue weighted by atomic mass is 9.85. The van der Waals surface area contributed by atoms with Crippen LogP contribution in [0.2, 0.25) is 0 Å². The Balaban J connectivity index is 1.47. The first kappa shape index (κ1) is 27.1. The number of nitrogens with zero attached hydrogens (tertiary/aromatic N) is 3. The van der Waals surface area contributed by atoms with Gasteiger partial charge in [-0.2, -0.15) is 0 Å². The third-order valence-electron chi connectivity index (χ3n) is 7.30. The van der Waals surface area contributed by atoms with Crippen molar-refractivity contribution >= 4 is 29.2 Å². The zero-order chi connectivity index (χ0) is 27.1. The number of hydrogen-bond acceptors (Lipinski definition) is 6. The number of methoxy groups -OCH3 is 2. The minimum absolute atomic E-state index is 0.0229. The van der Waals surface area contributed by atoms with Gasteiger partial charge in [-0.15, -0.1) is 0 Å². The van der Waals surface area contributed by atoms with E-state index >= 15 is 0 Å². The monoisotopic (exact) mass is 523 g/mol. The van der Waals surface area contributed by atoms with Gasteiger partial charge in [-0.25, -0.2) is 4.79 Å². The van der Waals surface area contributed by atoms with Crippen LogP contribution in [0, 0.1) is 0 Å². The van der Waals surface area contributed by atoms with E-state index < -0.39 is 5.54 Å². The molecular weight excluding hydrogens is 486 g/mol. The molecule has 2 heterocycles. The maximum Gasteiger partial charge on any atom is 0.321 e. The van der Waals surface area contributed by atoms with E-state index in [0.29, 0.717) is 56.3 Å². The van der Waals surface area contributed by atoms with Gasteiger partial charge in [0, 0.05) is 31.4 Å². The molecule has 0 unspecified atom stereocenters. The molecule has 204 valence electrons. The van der Waals surface area contributed by atoms with Crippen LogP contribution in [0.3, 0.4) is 0 Å². The molecule has 2 aliphatic rings. The first-order valence-electron chi connectivity index (χ1n) is 13.1. The third kappa shape index (κ3) is 5.64. The highest BCUT2D eigenvalue weighted by molar-refractivity contribution is 5.97. The standard InChI is InChI=1S/C28H37N5O5/c1-4-5-15-29-25(34)19-32-20-33(21-9-7-6-8-10-21)28(26(32)35)13-16-31(17-14-28)27(36)30-23-12-11-22(37-2)18-24(23)38-3/h6-12,18H,4-5,13-17,19-20H2,1-3H3,(H,29,34)(H,30,36). The summed E-state index contributed by atoms with van der Waals surface area (Å²) in [7, 11) is 3.11. The van der Waals surface area contributed by atoms with Crippen LogP contribution in [0.1, 0.15) is 32.6 Å². The number of carbonyl (C=O) groups is 3. The normalized spacial score (nSPS) is 16.5. The second-order valence-corrected chi connectivity index (χ2v) is 9.63. The van der Waals surface area contributed by atoms with E-state index in [1.54, 1.807) is 35.1 Å². The minimum atomic E-state index is -0.806. The summed E-state index contributed by atoms with van der Waals surface area (Å²) in [5.41, 5.74) is 0.664. The van der Waals surface area contributed by atoms with Crippen LogP contribution >= 0.6 is 0 Å². The maximum absolute atomic E-state index is 13.8. The molecule has 1 spiro atoms. The molecule has 2 fully saturated rings. The van der Waals surface area contributed by atoms with Crippen LogP contribution in [0.5, 0.6) is 11.5 Å². The zero-order valence-electron chi connectivity index (χ0n) is 22.4. The average Bonchev–Trinajstić information content (AvgIpc) is 3.20. The van der Waals surface area contributed by atoms with Gasteiger partial charge in [0.25, 0.3) is 5.91 Å². The second-order valence-electron chi connectivity index (χ2n) is 9.63. The van der Waals surface area contributed by atoms with Gasteiger partial charge in [0.2, 0.25) is 5.91 Å². The number of amides is 4. The molecule has 0 atom stereocenters. The summed E-state index contributed by atoms with van der Waals surface area (Å²) in [6.07, 6.45) is 2.81. The SMILES string of the molecule is CCCCNC(=O)CN1CN(c2ccccc2)C2(CCN(C(=O)Nc3ccc(OC)cc3OC)CC2)C1=O. The number of benzene rings is 2. The minimum Gasteiger partial charge on any atom is -0.497 e. The van der Waals surface area contributed by atoms with Crippen molar-refractivity contribution in [3.05, 3.63) is 48.5 Å². The Labute approximate surface area is 223 Å². The number of likely N-dealkylation sites (tertiary alicyclic amines) is 1. The molecular formula is C28H37N5O5. The van der Waals surface area contributed by atoms with Crippen LogP contribution in [0.25, 0.3) is 0 Å². The van der Waals surface area contributed by atoms with E-state index in [-0.39, 0.29) is 24.4 Å². The first-order chi connectivity index (χ1) is 18.4. The maximum atomic E-state index is 13.8. The Morgan fingerprint density at radius 3 is 2.42 bits per heavy atom. The fourth-order valence-corrected chi connectivity index (χ4v) is 5.13. The van der Waals surface area contributed by atoms with Gasteiger partial charge >= 0.3 is 6.03 Å². The first-order valence-corrected chi connectivity index (χ1v) is 13.1. The number of carbonyl (C=O) groups excluding carboxylic acids is 3. The van der Waals surface area contributed by atoms with Crippen molar-refractivity contribution in [3.63, 3.8) is 0 Å². The highest BCUT2D eigenvalue weighted by atomic mass is 16.5. The highest BCUT2D eigenvalue weighted by Crippen LogP contribution is 2.39. The molecule has 2 aliphatic heterocycles. The number of hydrogen-bond donors (Lipinski definition) is 2. The second kappa shape index (κ2) is 12.1. The van der Waals surface area contributed by atoms with Crippen LogP contribution in [0.15, 0.2) is 48.5 Å². The van der Waals surface area contributed by atoms with E-state index in [4.69, 9.17) is 9.47 Å². The summed E-state index contributed by atoms with van der Waals surface area (Å²) in [5.74, 6) is 0.912. The number of nitrogens with one attached hydrogen (secondary N) is 2. The molecule has 0 radical (unpaired) electrons. The lowest BCUT2D eigenvalue weighted by molar-refractivity contribution is -0.137. The zero-order valence-corrected chi connectivity index (χ0v) is 22.4. The van der Waals surface area contributed by atoms with Gasteiger partial charge < -0.3 is 34.8 Å². The molecule has 10 nitrogen and oxygen atoms in total. The molecule has 0 saturated carbocycles. The number of unbranched alkanes of at least 4 members (excludes halogenated alkanes) is 1. The van der Waals surface area contributed by atoms with E-state index in [0.717, 1.165) is 18.5 Å². The molecule has 38 heavy (non-hydrogen) atoms. The van der Waals surface area contributed by atoms with Crippen molar-refractivity contribution in [2.75, 3.05) is 57.3 Å². The summed E-state index contributed by atoms with van der Waals surface area (Å²) in [5, 5.41) is 5.83. The lowest BCUT2D eigenvalue weighted by Crippen LogP contribution is -2.58. The summed E-state index contributed by atoms with van der Waals surface area (Å²) in [6, 6.07) is 14.7. The highest BCUT2D eigenvalue weighted by Gasteiger charge is 2.54. The van der Waals surface area contributed by atoms with Gasteiger partial charge in [-0.3, -0.25) is 9.59 Å². The van der Waals surface area contributed by atoms with Crippen LogP contribution in [-0.4, -0.2) is 80.3 Å². The number of para-hydroxylation sites is 1. The third-order valence-corrected chi connectivity index (χ3v) is 7.30. The predicted octanol–water partition coefficient (Wildman–Crippen LogP) is 3.29. The van der Waals surface area contributed by atoms with Gasteiger partial charge in [0.05, 0.1) is 26.6 Å². The largest absolute Gasteiger partial charge is 0.497 e. The smallest absolute Gasteiger partial charge is 0.321 e.